The number of anilines is 1. The van der Waals surface area contributed by atoms with E-state index in [-0.39, 0.29) is 51.2 Å². The third kappa shape index (κ3) is 7.31. The normalized spacial score (nSPS) is 23.3. The molecule has 222 valence electrons. The summed E-state index contributed by atoms with van der Waals surface area (Å²) < 4.78 is 46.0. The highest BCUT2D eigenvalue weighted by molar-refractivity contribution is 7.15. The lowest BCUT2D eigenvalue weighted by Crippen LogP contribution is -2.47. The van der Waals surface area contributed by atoms with Crippen LogP contribution in [0, 0.1) is 29.1 Å². The van der Waals surface area contributed by atoms with Crippen molar-refractivity contribution in [3.05, 3.63) is 28.0 Å². The number of carboxylic acid groups (broad SMARTS) is 1. The standard InChI is InChI=1S/C29H34F3N3O5S/c1-17-4-6-18(7-5-17)26(37)35(19-8-10-20(11-9-19)40-24-13-12-23(36)33-34-24)22-16-21(41-25(22)27(38)39)14-15-28(2,3)29(30,31)32/h12-13,16-20H,4-11H2,1-3H3,(H,33,36)(H,38,39). The van der Waals surface area contributed by atoms with Gasteiger partial charge in [0.05, 0.1) is 10.6 Å². The molecule has 2 saturated carbocycles. The summed E-state index contributed by atoms with van der Waals surface area (Å²) in [5.74, 6) is 3.66. The van der Waals surface area contributed by atoms with Crippen molar-refractivity contribution in [3.63, 3.8) is 0 Å². The molecule has 2 aliphatic rings. The van der Waals surface area contributed by atoms with E-state index in [1.54, 1.807) is 4.90 Å². The van der Waals surface area contributed by atoms with Crippen LogP contribution < -0.4 is 9.64 Å². The molecule has 41 heavy (non-hydrogen) atoms. The van der Waals surface area contributed by atoms with E-state index in [0.29, 0.717) is 44.4 Å². The number of nitrogens with zero attached hydrogens (tertiary/aromatic N) is 3. The molecule has 0 aliphatic heterocycles. The van der Waals surface area contributed by atoms with Crippen LogP contribution >= 0.6 is 11.3 Å². The van der Waals surface area contributed by atoms with Crippen LogP contribution in [0.5, 0.6) is 11.8 Å². The van der Waals surface area contributed by atoms with Crippen molar-refractivity contribution >= 4 is 28.9 Å². The maximum absolute atomic E-state index is 14.0. The predicted octanol–water partition coefficient (Wildman–Crippen LogP) is 6.43. The lowest BCUT2D eigenvalue weighted by Gasteiger charge is -2.39. The minimum atomic E-state index is -4.55. The van der Waals surface area contributed by atoms with E-state index in [2.05, 4.69) is 29.0 Å². The first kappa shape index (κ1) is 30.6. The summed E-state index contributed by atoms with van der Waals surface area (Å²) in [6.07, 6.45) is 0.641. The highest BCUT2D eigenvalue weighted by Gasteiger charge is 2.46. The highest BCUT2D eigenvalue weighted by Crippen LogP contribution is 2.40. The van der Waals surface area contributed by atoms with Crippen molar-refractivity contribution < 1.29 is 37.7 Å². The predicted molar refractivity (Wildman–Crippen MR) is 147 cm³/mol. The van der Waals surface area contributed by atoms with Gasteiger partial charge in [0, 0.05) is 24.1 Å². The second-order valence-electron chi connectivity index (χ2n) is 11.4. The Balaban J connectivity index is 1.62. The van der Waals surface area contributed by atoms with E-state index in [4.69, 9.17) is 4.74 Å². The molecule has 4 rings (SSSR count). The zero-order valence-corrected chi connectivity index (χ0v) is 24.0. The topological polar surface area (TPSA) is 113 Å². The second-order valence-corrected chi connectivity index (χ2v) is 12.5. The smallest absolute Gasteiger partial charge is 0.404 e. The van der Waals surface area contributed by atoms with E-state index in [1.807, 2.05) is 0 Å². The Bertz CT molecular complexity index is 1300. The van der Waals surface area contributed by atoms with Gasteiger partial charge in [0.15, 0.2) is 0 Å². The molecule has 2 aliphatic carbocycles. The molecule has 0 radical (unpaired) electrons. The van der Waals surface area contributed by atoms with E-state index in [0.717, 1.165) is 38.0 Å². The number of halogens is 3. The van der Waals surface area contributed by atoms with Gasteiger partial charge >= 0.3 is 12.1 Å². The molecule has 2 fully saturated rings. The number of ether oxygens (including phenoxy) is 1. The fourth-order valence-electron chi connectivity index (χ4n) is 5.23. The summed E-state index contributed by atoms with van der Waals surface area (Å²) in [5, 5.41) is 26.8. The largest absolute Gasteiger partial charge is 0.492 e. The average Bonchev–Trinajstić information content (AvgIpc) is 3.34. The SMILES string of the molecule is CC1CCC(C(=O)N(c2cc(C#CC(C)(C)C(F)(F)F)sc2C(=O)O)C2CCC(Oc3ccc(O)nn3)CC2)CC1. The van der Waals surface area contributed by atoms with Gasteiger partial charge in [-0.05, 0) is 77.2 Å². The monoisotopic (exact) mass is 593 g/mol. The van der Waals surface area contributed by atoms with Crippen LogP contribution in [0.15, 0.2) is 18.2 Å². The van der Waals surface area contributed by atoms with Crippen molar-refractivity contribution in [1.29, 1.82) is 0 Å². The van der Waals surface area contributed by atoms with Gasteiger partial charge in [-0.25, -0.2) is 4.79 Å². The van der Waals surface area contributed by atoms with Gasteiger partial charge < -0.3 is 19.8 Å². The van der Waals surface area contributed by atoms with Crippen LogP contribution in [0.2, 0.25) is 0 Å². The molecule has 0 aromatic carbocycles. The minimum Gasteiger partial charge on any atom is -0.492 e. The number of aromatic nitrogens is 2. The zero-order valence-electron chi connectivity index (χ0n) is 23.2. The lowest BCUT2D eigenvalue weighted by atomic mass is 9.81. The van der Waals surface area contributed by atoms with Gasteiger partial charge in [-0.1, -0.05) is 18.8 Å². The molecule has 0 bridgehead atoms. The summed E-state index contributed by atoms with van der Waals surface area (Å²) in [6, 6.07) is 4.03. The van der Waals surface area contributed by atoms with Crippen molar-refractivity contribution in [2.24, 2.45) is 17.3 Å². The fraction of sp³-hybridized carbons (Fsp3) is 0.586. The van der Waals surface area contributed by atoms with Crippen LogP contribution in [0.25, 0.3) is 0 Å². The number of carbonyl (C=O) groups excluding carboxylic acids is 1. The van der Waals surface area contributed by atoms with E-state index < -0.39 is 17.6 Å². The van der Waals surface area contributed by atoms with Gasteiger partial charge in [0.1, 0.15) is 16.4 Å². The molecule has 2 aromatic rings. The molecule has 0 atom stereocenters. The van der Waals surface area contributed by atoms with E-state index in [1.165, 1.54) is 18.2 Å². The van der Waals surface area contributed by atoms with Crippen LogP contribution in [0.1, 0.15) is 86.7 Å². The number of aromatic hydroxyl groups is 1. The molecule has 12 heteroatoms. The molecule has 0 unspecified atom stereocenters. The summed E-state index contributed by atoms with van der Waals surface area (Å²) in [7, 11) is 0. The maximum atomic E-state index is 14.0. The van der Waals surface area contributed by atoms with Crippen molar-refractivity contribution in [2.75, 3.05) is 4.90 Å². The average molecular weight is 594 g/mol. The summed E-state index contributed by atoms with van der Waals surface area (Å²) >= 11 is 0.784. The third-order valence-corrected chi connectivity index (χ3v) is 8.93. The zero-order chi connectivity index (χ0) is 29.9. The summed E-state index contributed by atoms with van der Waals surface area (Å²) in [6.45, 7) is 4.08. The molecule has 2 heterocycles. The molecule has 2 N–H and O–H groups in total. The highest BCUT2D eigenvalue weighted by atomic mass is 32.1. The summed E-state index contributed by atoms with van der Waals surface area (Å²) in [4.78, 5) is 27.9. The van der Waals surface area contributed by atoms with Crippen LogP contribution in [-0.2, 0) is 4.79 Å². The number of amides is 1. The number of carbonyl (C=O) groups is 2. The van der Waals surface area contributed by atoms with Gasteiger partial charge in [0.2, 0.25) is 17.7 Å². The lowest BCUT2D eigenvalue weighted by molar-refractivity contribution is -0.190. The van der Waals surface area contributed by atoms with Gasteiger partial charge in [-0.15, -0.1) is 21.5 Å². The third-order valence-electron chi connectivity index (χ3n) is 7.90. The molecule has 2 aromatic heterocycles. The van der Waals surface area contributed by atoms with Crippen LogP contribution in [-0.4, -0.2) is 50.6 Å². The molecular weight excluding hydrogens is 559 g/mol. The number of hydrogen-bond donors (Lipinski definition) is 2. The van der Waals surface area contributed by atoms with Crippen LogP contribution in [0.4, 0.5) is 18.9 Å². The van der Waals surface area contributed by atoms with Gasteiger partial charge in [0.25, 0.3) is 0 Å². The Kier molecular flexibility index (Phi) is 9.16. The van der Waals surface area contributed by atoms with Crippen molar-refractivity contribution in [1.82, 2.24) is 10.2 Å². The minimum absolute atomic E-state index is 0.116. The number of aromatic carboxylic acids is 1. The second kappa shape index (κ2) is 12.3. The Morgan fingerprint density at radius 2 is 1.71 bits per heavy atom. The van der Waals surface area contributed by atoms with E-state index in [9.17, 15) is 33.0 Å². The fourth-order valence-corrected chi connectivity index (χ4v) is 6.07. The molecule has 1 amide bonds. The maximum Gasteiger partial charge on any atom is 0.404 e. The summed E-state index contributed by atoms with van der Waals surface area (Å²) in [5.41, 5.74) is -2.09. The molecule has 0 saturated heterocycles. The Hall–Kier alpha value is -3.33. The molecule has 8 nitrogen and oxygen atoms in total. The number of carboxylic acids is 1. The van der Waals surface area contributed by atoms with Gasteiger partial charge in [-0.2, -0.15) is 13.2 Å². The number of thiophene rings is 1. The first-order valence-electron chi connectivity index (χ1n) is 13.7. The van der Waals surface area contributed by atoms with E-state index >= 15 is 0 Å². The molecular formula is C29H34F3N3O5S. The quantitative estimate of drug-likeness (QED) is 0.371. The Morgan fingerprint density at radius 3 is 2.27 bits per heavy atom. The molecule has 0 spiro atoms. The number of rotatable bonds is 6. The van der Waals surface area contributed by atoms with Crippen LogP contribution in [0.3, 0.4) is 0 Å². The Morgan fingerprint density at radius 1 is 1.05 bits per heavy atom. The Labute approximate surface area is 240 Å². The van der Waals surface area contributed by atoms with Gasteiger partial charge in [-0.3, -0.25) is 4.79 Å². The number of hydrogen-bond acceptors (Lipinski definition) is 7. The van der Waals surface area contributed by atoms with Crippen molar-refractivity contribution in [3.8, 4) is 23.6 Å². The first-order chi connectivity index (χ1) is 19.2. The van der Waals surface area contributed by atoms with Crippen molar-refractivity contribution in [2.45, 2.75) is 90.5 Å². The first-order valence-corrected chi connectivity index (χ1v) is 14.6. The number of alkyl halides is 3.